The van der Waals surface area contributed by atoms with Crippen molar-refractivity contribution in [3.05, 3.63) is 34.7 Å². The van der Waals surface area contributed by atoms with Crippen molar-refractivity contribution in [1.29, 1.82) is 0 Å². The van der Waals surface area contributed by atoms with Gasteiger partial charge >= 0.3 is 0 Å². The monoisotopic (exact) mass is 174 g/mol. The lowest BCUT2D eigenvalue weighted by atomic mass is 10.2. The van der Waals surface area contributed by atoms with Crippen molar-refractivity contribution in [2.24, 2.45) is 5.11 Å². The fourth-order valence-electron chi connectivity index (χ4n) is 1.20. The molecule has 1 aromatic carbocycles. The van der Waals surface area contributed by atoms with E-state index in [0.29, 0.717) is 5.82 Å². The first kappa shape index (κ1) is 7.52. The average molecular weight is 174 g/mol. The fourth-order valence-corrected chi connectivity index (χ4v) is 1.20. The van der Waals surface area contributed by atoms with E-state index in [0.717, 1.165) is 10.9 Å². The van der Waals surface area contributed by atoms with Gasteiger partial charge in [-0.25, -0.2) is 0 Å². The topological polar surface area (TPSA) is 84.8 Å². The molecule has 0 aliphatic rings. The van der Waals surface area contributed by atoms with Crippen LogP contribution >= 0.6 is 0 Å². The van der Waals surface area contributed by atoms with Gasteiger partial charge in [0.15, 0.2) is 0 Å². The van der Waals surface area contributed by atoms with E-state index in [1.54, 1.807) is 24.3 Å². The Morgan fingerprint density at radius 2 is 2.23 bits per heavy atom. The van der Waals surface area contributed by atoms with Crippen LogP contribution in [-0.2, 0) is 0 Å². The first-order valence-corrected chi connectivity index (χ1v) is 3.66. The maximum atomic E-state index is 9.15. The quantitative estimate of drug-likeness (QED) is 0.388. The zero-order valence-electron chi connectivity index (χ0n) is 6.60. The Bertz CT molecular complexity index is 496. The number of aromatic hydroxyl groups is 1. The molecule has 1 aromatic heterocycles. The van der Waals surface area contributed by atoms with Crippen LogP contribution in [0.2, 0.25) is 0 Å². The van der Waals surface area contributed by atoms with Gasteiger partial charge in [0, 0.05) is 21.9 Å². The van der Waals surface area contributed by atoms with Crippen LogP contribution in [0.3, 0.4) is 0 Å². The average Bonchev–Trinajstić information content (AvgIpc) is 2.46. The van der Waals surface area contributed by atoms with Crippen LogP contribution in [-0.4, -0.2) is 10.1 Å². The number of H-pyrrole nitrogens is 1. The van der Waals surface area contributed by atoms with Crippen molar-refractivity contribution in [3.8, 4) is 5.75 Å². The van der Waals surface area contributed by atoms with E-state index in [2.05, 4.69) is 15.0 Å². The normalized spacial score (nSPS) is 9.85. The third kappa shape index (κ3) is 1.28. The van der Waals surface area contributed by atoms with Gasteiger partial charge in [0.05, 0.1) is 0 Å². The molecule has 0 fully saturated rings. The van der Waals surface area contributed by atoms with Crippen LogP contribution < -0.4 is 0 Å². The zero-order chi connectivity index (χ0) is 9.26. The maximum Gasteiger partial charge on any atom is 0.117 e. The van der Waals surface area contributed by atoms with E-state index < -0.39 is 0 Å². The van der Waals surface area contributed by atoms with Gasteiger partial charge in [0.1, 0.15) is 11.6 Å². The number of phenols is 1. The van der Waals surface area contributed by atoms with Crippen molar-refractivity contribution in [3.63, 3.8) is 0 Å². The number of benzene rings is 1. The number of phenolic OH excluding ortho intramolecular Hbond substituents is 1. The number of fused-ring (bicyclic) bond motifs is 1. The molecule has 0 unspecified atom stereocenters. The highest BCUT2D eigenvalue weighted by Gasteiger charge is 1.98. The Hall–Kier alpha value is -2.13. The van der Waals surface area contributed by atoms with Crippen molar-refractivity contribution >= 4 is 16.7 Å². The molecule has 2 aromatic rings. The summed E-state index contributed by atoms with van der Waals surface area (Å²) in [7, 11) is 0. The summed E-state index contributed by atoms with van der Waals surface area (Å²) >= 11 is 0. The second-order valence-corrected chi connectivity index (χ2v) is 2.62. The van der Waals surface area contributed by atoms with E-state index in [-0.39, 0.29) is 5.75 Å². The Balaban J connectivity index is 2.68. The van der Waals surface area contributed by atoms with Gasteiger partial charge in [-0.2, -0.15) is 0 Å². The molecule has 13 heavy (non-hydrogen) atoms. The molecule has 5 nitrogen and oxygen atoms in total. The Morgan fingerprint density at radius 1 is 1.38 bits per heavy atom. The van der Waals surface area contributed by atoms with Crippen LogP contribution in [0.1, 0.15) is 0 Å². The van der Waals surface area contributed by atoms with Crippen molar-refractivity contribution in [2.75, 3.05) is 0 Å². The summed E-state index contributed by atoms with van der Waals surface area (Å²) in [5.74, 6) is 0.630. The number of aromatic nitrogens is 1. The summed E-state index contributed by atoms with van der Waals surface area (Å²) in [5.41, 5.74) is 8.94. The SMILES string of the molecule is [N-]=[N+]=Nc1cc2ccc(O)cc2[nH]1. The van der Waals surface area contributed by atoms with Gasteiger partial charge in [-0.05, 0) is 28.8 Å². The van der Waals surface area contributed by atoms with Gasteiger partial charge in [0.2, 0.25) is 0 Å². The largest absolute Gasteiger partial charge is 0.508 e. The molecule has 0 amide bonds. The minimum absolute atomic E-state index is 0.182. The van der Waals surface area contributed by atoms with E-state index >= 15 is 0 Å². The smallest absolute Gasteiger partial charge is 0.117 e. The van der Waals surface area contributed by atoms with Gasteiger partial charge in [-0.3, -0.25) is 0 Å². The summed E-state index contributed by atoms with van der Waals surface area (Å²) in [5, 5.41) is 13.5. The molecular formula is C8H6N4O. The van der Waals surface area contributed by atoms with Crippen LogP contribution in [0.4, 0.5) is 5.82 Å². The molecule has 0 spiro atoms. The first-order valence-electron chi connectivity index (χ1n) is 3.66. The van der Waals surface area contributed by atoms with Crippen LogP contribution in [0.15, 0.2) is 29.4 Å². The zero-order valence-corrected chi connectivity index (χ0v) is 6.60. The molecular weight excluding hydrogens is 168 g/mol. The van der Waals surface area contributed by atoms with Gasteiger partial charge in [-0.15, -0.1) is 0 Å². The third-order valence-electron chi connectivity index (χ3n) is 1.74. The molecule has 1 heterocycles. The summed E-state index contributed by atoms with van der Waals surface area (Å²) in [6.07, 6.45) is 0. The third-order valence-corrected chi connectivity index (χ3v) is 1.74. The van der Waals surface area contributed by atoms with E-state index in [1.165, 1.54) is 0 Å². The van der Waals surface area contributed by atoms with Crippen molar-refractivity contribution < 1.29 is 5.11 Å². The Labute approximate surface area is 73.3 Å². The number of hydrogen-bond donors (Lipinski definition) is 2. The first-order chi connectivity index (χ1) is 6.29. The standard InChI is InChI=1S/C8H6N4O/c9-12-11-8-3-5-1-2-6(13)4-7(5)10-8/h1-4,10,13H. The maximum absolute atomic E-state index is 9.15. The predicted molar refractivity (Wildman–Crippen MR) is 48.8 cm³/mol. The van der Waals surface area contributed by atoms with Gasteiger partial charge in [-0.1, -0.05) is 0 Å². The van der Waals surface area contributed by atoms with E-state index in [9.17, 15) is 0 Å². The highest BCUT2D eigenvalue weighted by atomic mass is 16.3. The predicted octanol–water partition coefficient (Wildman–Crippen LogP) is 2.82. The summed E-state index contributed by atoms with van der Waals surface area (Å²) < 4.78 is 0. The molecule has 0 aliphatic carbocycles. The molecule has 0 saturated carbocycles. The number of aromatic amines is 1. The molecule has 0 saturated heterocycles. The number of hydrogen-bond acceptors (Lipinski definition) is 2. The lowest BCUT2D eigenvalue weighted by molar-refractivity contribution is 0.476. The summed E-state index contributed by atoms with van der Waals surface area (Å²) in [6.45, 7) is 0. The highest BCUT2D eigenvalue weighted by molar-refractivity contribution is 5.84. The summed E-state index contributed by atoms with van der Waals surface area (Å²) in [6, 6.07) is 6.62. The minimum Gasteiger partial charge on any atom is -0.508 e. The van der Waals surface area contributed by atoms with Crippen molar-refractivity contribution in [2.45, 2.75) is 0 Å². The molecule has 5 heteroatoms. The van der Waals surface area contributed by atoms with Gasteiger partial charge in [0.25, 0.3) is 0 Å². The molecule has 0 radical (unpaired) electrons. The molecule has 64 valence electrons. The number of azide groups is 1. The number of nitrogens with zero attached hydrogens (tertiary/aromatic N) is 3. The van der Waals surface area contributed by atoms with Crippen molar-refractivity contribution in [1.82, 2.24) is 4.98 Å². The second-order valence-electron chi connectivity index (χ2n) is 2.62. The van der Waals surface area contributed by atoms with Crippen LogP contribution in [0.25, 0.3) is 21.3 Å². The number of rotatable bonds is 1. The minimum atomic E-state index is 0.182. The Morgan fingerprint density at radius 3 is 3.00 bits per heavy atom. The molecule has 0 aliphatic heterocycles. The highest BCUT2D eigenvalue weighted by Crippen LogP contribution is 2.23. The molecule has 0 atom stereocenters. The molecule has 2 N–H and O–H groups in total. The van der Waals surface area contributed by atoms with Gasteiger partial charge < -0.3 is 10.1 Å². The van der Waals surface area contributed by atoms with E-state index in [4.69, 9.17) is 10.6 Å². The summed E-state index contributed by atoms with van der Waals surface area (Å²) in [4.78, 5) is 5.51. The van der Waals surface area contributed by atoms with Crippen LogP contribution in [0, 0.1) is 0 Å². The molecule has 0 bridgehead atoms. The Kier molecular flexibility index (Phi) is 1.58. The lowest BCUT2D eigenvalue weighted by Crippen LogP contribution is -1.66. The fraction of sp³-hybridized carbons (Fsp3) is 0. The van der Waals surface area contributed by atoms with E-state index in [1.807, 2.05) is 0 Å². The second kappa shape index (κ2) is 2.73. The lowest BCUT2D eigenvalue weighted by Gasteiger charge is -1.89. The van der Waals surface area contributed by atoms with Crippen LogP contribution in [0.5, 0.6) is 5.75 Å². The molecule has 2 rings (SSSR count). The number of nitrogens with one attached hydrogen (secondary N) is 1.